The molecule has 4 heteroatoms. The van der Waals surface area contributed by atoms with Crippen LogP contribution in [-0.2, 0) is 17.7 Å². The Morgan fingerprint density at radius 3 is 2.95 bits per heavy atom. The van der Waals surface area contributed by atoms with E-state index in [-0.39, 0.29) is 5.60 Å². The van der Waals surface area contributed by atoms with E-state index in [2.05, 4.69) is 17.2 Å². The second kappa shape index (κ2) is 6.27. The summed E-state index contributed by atoms with van der Waals surface area (Å²) in [4.78, 5) is 4.32. The maximum atomic E-state index is 6.13. The zero-order chi connectivity index (χ0) is 13.8. The molecule has 1 aromatic rings. The first-order valence-electron chi connectivity index (χ1n) is 8.11. The van der Waals surface area contributed by atoms with E-state index in [9.17, 15) is 0 Å². The minimum absolute atomic E-state index is 0.166. The van der Waals surface area contributed by atoms with E-state index < -0.39 is 0 Å². The minimum atomic E-state index is 0.166. The quantitative estimate of drug-likeness (QED) is 0.918. The summed E-state index contributed by atoms with van der Waals surface area (Å²) < 4.78 is 11.8. The summed E-state index contributed by atoms with van der Waals surface area (Å²) in [6.07, 6.45) is 11.5. The zero-order valence-electron chi connectivity index (χ0n) is 12.5. The number of rotatable bonds is 4. The third-order valence-electron chi connectivity index (χ3n) is 4.75. The Kier molecular flexibility index (Phi) is 4.41. The molecule has 1 aromatic heterocycles. The van der Waals surface area contributed by atoms with Crippen molar-refractivity contribution in [2.75, 3.05) is 6.61 Å². The van der Waals surface area contributed by atoms with Gasteiger partial charge in [0.1, 0.15) is 5.76 Å². The van der Waals surface area contributed by atoms with Gasteiger partial charge < -0.3 is 14.5 Å². The van der Waals surface area contributed by atoms with E-state index in [0.717, 1.165) is 44.1 Å². The maximum absolute atomic E-state index is 6.13. The predicted octanol–water partition coefficient (Wildman–Crippen LogP) is 3.21. The molecule has 1 saturated heterocycles. The fraction of sp³-hybridized carbons (Fsp3) is 0.812. The van der Waals surface area contributed by atoms with Gasteiger partial charge in [0.05, 0.1) is 18.3 Å². The molecule has 1 unspecified atom stereocenters. The summed E-state index contributed by atoms with van der Waals surface area (Å²) >= 11 is 0. The number of nitrogens with one attached hydrogen (secondary N) is 1. The number of aromatic nitrogens is 1. The lowest BCUT2D eigenvalue weighted by Crippen LogP contribution is -2.47. The van der Waals surface area contributed by atoms with Crippen LogP contribution >= 0.6 is 0 Å². The molecular weight excluding hydrogens is 252 g/mol. The molecule has 112 valence electrons. The second-order valence-corrected chi connectivity index (χ2v) is 6.24. The predicted molar refractivity (Wildman–Crippen MR) is 77.5 cm³/mol. The van der Waals surface area contributed by atoms with Crippen molar-refractivity contribution in [3.8, 4) is 0 Å². The van der Waals surface area contributed by atoms with Crippen LogP contribution in [0.3, 0.4) is 0 Å². The Morgan fingerprint density at radius 1 is 1.35 bits per heavy atom. The average molecular weight is 278 g/mol. The summed E-state index contributed by atoms with van der Waals surface area (Å²) in [5.74, 6) is 1.78. The lowest BCUT2D eigenvalue weighted by molar-refractivity contribution is -0.109. The van der Waals surface area contributed by atoms with Crippen molar-refractivity contribution in [1.29, 1.82) is 0 Å². The molecule has 0 aromatic carbocycles. The van der Waals surface area contributed by atoms with E-state index >= 15 is 0 Å². The van der Waals surface area contributed by atoms with E-state index in [1.165, 1.54) is 32.1 Å². The monoisotopic (exact) mass is 278 g/mol. The highest BCUT2D eigenvalue weighted by Gasteiger charge is 2.38. The van der Waals surface area contributed by atoms with Crippen LogP contribution in [0.2, 0.25) is 0 Å². The standard InChI is InChI=1S/C16H26N2O2/c1-2-14-11-18-15(20-14)12-17-13-6-9-19-16(10-13)7-4-3-5-8-16/h11,13,17H,2-10,12H2,1H3. The normalized spacial score (nSPS) is 25.9. The number of oxazole rings is 1. The highest BCUT2D eigenvalue weighted by Crippen LogP contribution is 2.38. The van der Waals surface area contributed by atoms with Gasteiger partial charge in [-0.3, -0.25) is 0 Å². The van der Waals surface area contributed by atoms with Crippen molar-refractivity contribution >= 4 is 0 Å². The highest BCUT2D eigenvalue weighted by molar-refractivity contribution is 4.95. The molecule has 0 amide bonds. The molecule has 1 saturated carbocycles. The van der Waals surface area contributed by atoms with Gasteiger partial charge in [0.25, 0.3) is 0 Å². The van der Waals surface area contributed by atoms with Gasteiger partial charge in [0.2, 0.25) is 5.89 Å². The molecule has 2 heterocycles. The Bertz CT molecular complexity index is 418. The number of nitrogens with zero attached hydrogens (tertiary/aromatic N) is 1. The van der Waals surface area contributed by atoms with Gasteiger partial charge in [-0.05, 0) is 25.7 Å². The molecular formula is C16H26N2O2. The Labute approximate surface area is 121 Å². The molecule has 2 aliphatic rings. The fourth-order valence-electron chi connectivity index (χ4n) is 3.57. The summed E-state index contributed by atoms with van der Waals surface area (Å²) in [5.41, 5.74) is 0.166. The Hall–Kier alpha value is -0.870. The number of hydrogen-bond donors (Lipinski definition) is 1. The first-order chi connectivity index (χ1) is 9.80. The number of hydrogen-bond acceptors (Lipinski definition) is 4. The molecule has 0 radical (unpaired) electrons. The van der Waals surface area contributed by atoms with Gasteiger partial charge in [-0.15, -0.1) is 0 Å². The van der Waals surface area contributed by atoms with Crippen molar-refractivity contribution in [1.82, 2.24) is 10.3 Å². The van der Waals surface area contributed by atoms with E-state index in [4.69, 9.17) is 9.15 Å². The average Bonchev–Trinajstić information content (AvgIpc) is 2.94. The van der Waals surface area contributed by atoms with Crippen molar-refractivity contribution in [2.24, 2.45) is 0 Å². The van der Waals surface area contributed by atoms with Crippen LogP contribution in [-0.4, -0.2) is 23.2 Å². The summed E-state index contributed by atoms with van der Waals surface area (Å²) in [5, 5.41) is 3.61. The van der Waals surface area contributed by atoms with E-state index in [0.29, 0.717) is 6.04 Å². The topological polar surface area (TPSA) is 47.3 Å². The minimum Gasteiger partial charge on any atom is -0.444 e. The summed E-state index contributed by atoms with van der Waals surface area (Å²) in [7, 11) is 0. The molecule has 1 aliphatic carbocycles. The third kappa shape index (κ3) is 3.23. The van der Waals surface area contributed by atoms with Crippen molar-refractivity contribution in [3.05, 3.63) is 17.8 Å². The molecule has 1 spiro atoms. The Morgan fingerprint density at radius 2 is 2.20 bits per heavy atom. The summed E-state index contributed by atoms with van der Waals surface area (Å²) in [6.45, 7) is 3.72. The smallest absolute Gasteiger partial charge is 0.208 e. The first-order valence-corrected chi connectivity index (χ1v) is 8.11. The van der Waals surface area contributed by atoms with Gasteiger partial charge >= 0.3 is 0 Å². The Balaban J connectivity index is 1.52. The van der Waals surface area contributed by atoms with Crippen molar-refractivity contribution in [3.63, 3.8) is 0 Å². The molecule has 4 nitrogen and oxygen atoms in total. The van der Waals surface area contributed by atoms with Gasteiger partial charge in [0.15, 0.2) is 0 Å². The van der Waals surface area contributed by atoms with Crippen LogP contribution in [0.4, 0.5) is 0 Å². The van der Waals surface area contributed by atoms with Gasteiger partial charge in [-0.2, -0.15) is 0 Å². The number of ether oxygens (including phenoxy) is 1. The van der Waals surface area contributed by atoms with Crippen molar-refractivity contribution < 1.29 is 9.15 Å². The SMILES string of the molecule is CCc1cnc(CNC2CCOC3(CCCCC3)C2)o1. The van der Waals surface area contributed by atoms with Crippen molar-refractivity contribution in [2.45, 2.75) is 76.5 Å². The molecule has 2 fully saturated rings. The molecule has 1 aliphatic heterocycles. The molecule has 20 heavy (non-hydrogen) atoms. The molecule has 3 rings (SSSR count). The van der Waals surface area contributed by atoms with Gasteiger partial charge in [-0.1, -0.05) is 26.2 Å². The van der Waals surface area contributed by atoms with Crippen LogP contribution in [0.25, 0.3) is 0 Å². The zero-order valence-corrected chi connectivity index (χ0v) is 12.5. The summed E-state index contributed by atoms with van der Waals surface area (Å²) in [6, 6.07) is 0.541. The maximum Gasteiger partial charge on any atom is 0.208 e. The highest BCUT2D eigenvalue weighted by atomic mass is 16.5. The molecule has 1 N–H and O–H groups in total. The van der Waals surface area contributed by atoms with E-state index in [1.54, 1.807) is 0 Å². The van der Waals surface area contributed by atoms with Crippen LogP contribution in [0, 0.1) is 0 Å². The van der Waals surface area contributed by atoms with Gasteiger partial charge in [0, 0.05) is 19.1 Å². The second-order valence-electron chi connectivity index (χ2n) is 6.24. The lowest BCUT2D eigenvalue weighted by atomic mass is 9.78. The fourth-order valence-corrected chi connectivity index (χ4v) is 3.57. The lowest BCUT2D eigenvalue weighted by Gasteiger charge is -2.43. The molecule has 0 bridgehead atoms. The first kappa shape index (κ1) is 14.1. The van der Waals surface area contributed by atoms with Crippen LogP contribution in [0.1, 0.15) is 63.5 Å². The van der Waals surface area contributed by atoms with E-state index in [1.807, 2.05) is 6.20 Å². The van der Waals surface area contributed by atoms with Gasteiger partial charge in [-0.25, -0.2) is 4.98 Å². The third-order valence-corrected chi connectivity index (χ3v) is 4.75. The number of aryl methyl sites for hydroxylation is 1. The van der Waals surface area contributed by atoms with Crippen LogP contribution in [0.5, 0.6) is 0 Å². The van der Waals surface area contributed by atoms with Crippen LogP contribution in [0.15, 0.2) is 10.6 Å². The molecule has 1 atom stereocenters. The largest absolute Gasteiger partial charge is 0.444 e. The van der Waals surface area contributed by atoms with Crippen LogP contribution < -0.4 is 5.32 Å².